The van der Waals surface area contributed by atoms with Crippen LogP contribution in [0.2, 0.25) is 0 Å². The molecule has 1 amide bonds. The predicted molar refractivity (Wildman–Crippen MR) is 98.3 cm³/mol. The lowest BCUT2D eigenvalue weighted by molar-refractivity contribution is -0.0761. The second kappa shape index (κ2) is 5.92. The van der Waals surface area contributed by atoms with E-state index in [1.54, 1.807) is 4.90 Å². The number of nitrogens with one attached hydrogen (secondary N) is 1. The van der Waals surface area contributed by atoms with Gasteiger partial charge in [0.15, 0.2) is 0 Å². The first kappa shape index (κ1) is 17.7. The van der Waals surface area contributed by atoms with Crippen LogP contribution in [0.4, 0.5) is 8.78 Å². The number of rotatable bonds is 1. The van der Waals surface area contributed by atoms with Crippen molar-refractivity contribution in [3.05, 3.63) is 35.5 Å². The molecule has 0 saturated carbocycles. The molecule has 1 aromatic carbocycles. The topological polar surface area (TPSA) is 37.3 Å². The minimum atomic E-state index is -2.74. The zero-order chi connectivity index (χ0) is 17.2. The molecular formula is C19H22ClF2N3O. The summed E-state index contributed by atoms with van der Waals surface area (Å²) in [5.41, 5.74) is 1.80. The fraction of sp³-hybridized carbons (Fsp3) is 0.526. The molecule has 5 rings (SSSR count). The third-order valence-electron chi connectivity index (χ3n) is 6.32. The van der Waals surface area contributed by atoms with E-state index in [-0.39, 0.29) is 31.4 Å². The Bertz CT molecular complexity index is 881. The van der Waals surface area contributed by atoms with Crippen LogP contribution in [0.5, 0.6) is 0 Å². The standard InChI is InChI=1S/C19H21F2N3O.ClH/c20-19(21)11-22-10-18(19)7-9-23(12-18)17(25)16-13-4-1-2-5-14(13)24-8-3-6-15(16)24;/h1-2,4-5,22H,3,6-12H2;1H. The van der Waals surface area contributed by atoms with Crippen molar-refractivity contribution in [3.8, 4) is 0 Å². The average Bonchev–Trinajstić information content (AvgIpc) is 3.33. The number of hydrogen-bond acceptors (Lipinski definition) is 2. The summed E-state index contributed by atoms with van der Waals surface area (Å²) in [6.45, 7) is 1.49. The van der Waals surface area contributed by atoms with Gasteiger partial charge in [-0.2, -0.15) is 0 Å². The van der Waals surface area contributed by atoms with Crippen molar-refractivity contribution in [1.82, 2.24) is 14.8 Å². The van der Waals surface area contributed by atoms with E-state index in [4.69, 9.17) is 0 Å². The smallest absolute Gasteiger partial charge is 0.268 e. The highest BCUT2D eigenvalue weighted by molar-refractivity contribution is 6.08. The number of aryl methyl sites for hydroxylation is 1. The monoisotopic (exact) mass is 381 g/mol. The molecule has 2 fully saturated rings. The first-order chi connectivity index (χ1) is 12.0. The summed E-state index contributed by atoms with van der Waals surface area (Å²) in [7, 11) is 0. The highest BCUT2D eigenvalue weighted by Crippen LogP contribution is 2.47. The van der Waals surface area contributed by atoms with Gasteiger partial charge in [0.05, 0.1) is 17.5 Å². The van der Waals surface area contributed by atoms with Crippen LogP contribution >= 0.6 is 12.4 Å². The van der Waals surface area contributed by atoms with E-state index < -0.39 is 11.3 Å². The Morgan fingerprint density at radius 2 is 1.96 bits per heavy atom. The van der Waals surface area contributed by atoms with Gasteiger partial charge in [0, 0.05) is 42.8 Å². The molecule has 1 unspecified atom stereocenters. The van der Waals surface area contributed by atoms with E-state index >= 15 is 0 Å². The molecule has 0 radical (unpaired) electrons. The largest absolute Gasteiger partial charge is 0.344 e. The van der Waals surface area contributed by atoms with Gasteiger partial charge in [-0.05, 0) is 25.3 Å². The molecule has 4 nitrogen and oxygen atoms in total. The lowest BCUT2D eigenvalue weighted by Gasteiger charge is -2.29. The zero-order valence-corrected chi connectivity index (χ0v) is 15.2. The molecule has 0 bridgehead atoms. The summed E-state index contributed by atoms with van der Waals surface area (Å²) in [4.78, 5) is 14.9. The molecule has 3 aliphatic heterocycles. The van der Waals surface area contributed by atoms with Crippen molar-refractivity contribution in [1.29, 1.82) is 0 Å². The summed E-state index contributed by atoms with van der Waals surface area (Å²) >= 11 is 0. The number of halogens is 3. The molecule has 26 heavy (non-hydrogen) atoms. The quantitative estimate of drug-likeness (QED) is 0.824. The molecular weight excluding hydrogens is 360 g/mol. The molecule has 1 aromatic heterocycles. The molecule has 1 atom stereocenters. The predicted octanol–water partition coefficient (Wildman–Crippen LogP) is 3.08. The van der Waals surface area contributed by atoms with Crippen LogP contribution < -0.4 is 5.32 Å². The number of para-hydroxylation sites is 1. The Morgan fingerprint density at radius 1 is 1.15 bits per heavy atom. The van der Waals surface area contributed by atoms with Crippen molar-refractivity contribution >= 4 is 29.2 Å². The Labute approximate surface area is 156 Å². The molecule has 4 heterocycles. The van der Waals surface area contributed by atoms with Crippen LogP contribution in [0.3, 0.4) is 0 Å². The molecule has 0 aliphatic carbocycles. The van der Waals surface area contributed by atoms with Crippen LogP contribution in [-0.4, -0.2) is 47.5 Å². The van der Waals surface area contributed by atoms with Crippen LogP contribution in [0.25, 0.3) is 10.9 Å². The summed E-state index contributed by atoms with van der Waals surface area (Å²) in [5.74, 6) is -2.82. The highest BCUT2D eigenvalue weighted by atomic mass is 35.5. The van der Waals surface area contributed by atoms with E-state index in [1.807, 2.05) is 24.3 Å². The first-order valence-corrected chi connectivity index (χ1v) is 9.00. The first-order valence-electron chi connectivity index (χ1n) is 9.00. The summed E-state index contributed by atoms with van der Waals surface area (Å²) in [6.07, 6.45) is 2.28. The maximum atomic E-state index is 14.4. The Morgan fingerprint density at radius 3 is 2.73 bits per heavy atom. The number of carbonyl (C=O) groups excluding carboxylic acids is 1. The second-order valence-corrected chi connectivity index (χ2v) is 7.66. The van der Waals surface area contributed by atoms with Crippen molar-refractivity contribution < 1.29 is 13.6 Å². The van der Waals surface area contributed by atoms with Gasteiger partial charge in [0.25, 0.3) is 11.8 Å². The van der Waals surface area contributed by atoms with Gasteiger partial charge >= 0.3 is 0 Å². The number of nitrogens with zero attached hydrogens (tertiary/aromatic N) is 2. The maximum absolute atomic E-state index is 14.4. The lowest BCUT2D eigenvalue weighted by Crippen LogP contribution is -2.43. The lowest BCUT2D eigenvalue weighted by atomic mass is 9.83. The van der Waals surface area contributed by atoms with Gasteiger partial charge in [0.1, 0.15) is 0 Å². The van der Waals surface area contributed by atoms with Crippen molar-refractivity contribution in [2.24, 2.45) is 5.41 Å². The molecule has 3 aliphatic rings. The van der Waals surface area contributed by atoms with Gasteiger partial charge in [-0.15, -0.1) is 12.4 Å². The number of likely N-dealkylation sites (tertiary alicyclic amines) is 1. The van der Waals surface area contributed by atoms with E-state index in [2.05, 4.69) is 9.88 Å². The van der Waals surface area contributed by atoms with Crippen molar-refractivity contribution in [2.75, 3.05) is 26.2 Å². The van der Waals surface area contributed by atoms with E-state index in [0.29, 0.717) is 19.5 Å². The molecule has 140 valence electrons. The number of carbonyl (C=O) groups is 1. The third kappa shape index (κ3) is 2.24. The Kier molecular flexibility index (Phi) is 4.04. The molecule has 7 heteroatoms. The maximum Gasteiger partial charge on any atom is 0.268 e. The van der Waals surface area contributed by atoms with Crippen molar-refractivity contribution in [3.63, 3.8) is 0 Å². The normalized spacial score (nSPS) is 26.5. The fourth-order valence-corrected chi connectivity index (χ4v) is 4.94. The number of benzene rings is 1. The van der Waals surface area contributed by atoms with Crippen LogP contribution in [-0.2, 0) is 13.0 Å². The Balaban J connectivity index is 0.00000168. The molecule has 2 saturated heterocycles. The van der Waals surface area contributed by atoms with E-state index in [9.17, 15) is 13.6 Å². The SMILES string of the molecule is Cl.O=C(c1c2n(c3ccccc13)CCC2)N1CCC2(CNCC2(F)F)C1. The zero-order valence-electron chi connectivity index (χ0n) is 14.4. The second-order valence-electron chi connectivity index (χ2n) is 7.66. The Hall–Kier alpha value is -1.66. The summed E-state index contributed by atoms with van der Waals surface area (Å²) in [5, 5.41) is 3.78. The van der Waals surface area contributed by atoms with Crippen LogP contribution in [0.1, 0.15) is 28.9 Å². The van der Waals surface area contributed by atoms with E-state index in [0.717, 1.165) is 41.5 Å². The van der Waals surface area contributed by atoms with Gasteiger partial charge in [-0.1, -0.05) is 18.2 Å². The van der Waals surface area contributed by atoms with Gasteiger partial charge in [-0.25, -0.2) is 8.78 Å². The minimum absolute atomic E-state index is 0. The fourth-order valence-electron chi connectivity index (χ4n) is 4.94. The van der Waals surface area contributed by atoms with Gasteiger partial charge in [-0.3, -0.25) is 4.79 Å². The molecule has 2 aromatic rings. The third-order valence-corrected chi connectivity index (χ3v) is 6.32. The van der Waals surface area contributed by atoms with Crippen LogP contribution in [0, 0.1) is 5.41 Å². The molecule has 1 N–H and O–H groups in total. The molecule has 1 spiro atoms. The van der Waals surface area contributed by atoms with Gasteiger partial charge < -0.3 is 14.8 Å². The average molecular weight is 382 g/mol. The van der Waals surface area contributed by atoms with Crippen LogP contribution in [0.15, 0.2) is 24.3 Å². The van der Waals surface area contributed by atoms with E-state index in [1.165, 1.54) is 0 Å². The number of alkyl halides is 2. The summed E-state index contributed by atoms with van der Waals surface area (Å²) < 4.78 is 30.9. The summed E-state index contributed by atoms with van der Waals surface area (Å²) in [6, 6.07) is 7.94. The number of fused-ring (bicyclic) bond motifs is 3. The highest BCUT2D eigenvalue weighted by Gasteiger charge is 2.60. The van der Waals surface area contributed by atoms with Gasteiger partial charge in [0.2, 0.25) is 0 Å². The minimum Gasteiger partial charge on any atom is -0.344 e. The number of aromatic nitrogens is 1. The number of hydrogen-bond donors (Lipinski definition) is 1. The van der Waals surface area contributed by atoms with Crippen molar-refractivity contribution in [2.45, 2.75) is 31.7 Å². The number of amides is 1.